The highest BCUT2D eigenvalue weighted by Crippen LogP contribution is 2.39. The Morgan fingerprint density at radius 1 is 1.24 bits per heavy atom. The van der Waals surface area contributed by atoms with E-state index in [2.05, 4.69) is 33.0 Å². The summed E-state index contributed by atoms with van der Waals surface area (Å²) < 4.78 is 11.7. The Morgan fingerprint density at radius 3 is 2.24 bits per heavy atom. The first kappa shape index (κ1) is 13.3. The molecule has 1 saturated carbocycles. The van der Waals surface area contributed by atoms with Crippen molar-refractivity contribution >= 4 is 0 Å². The minimum Gasteiger partial charge on any atom is -0.377 e. The van der Waals surface area contributed by atoms with Gasteiger partial charge in [-0.25, -0.2) is 0 Å². The molecule has 3 nitrogen and oxygen atoms in total. The van der Waals surface area contributed by atoms with E-state index in [1.807, 2.05) is 7.11 Å². The van der Waals surface area contributed by atoms with E-state index in [-0.39, 0.29) is 16.8 Å². The number of rotatable bonds is 4. The molecule has 3 heteroatoms. The van der Waals surface area contributed by atoms with E-state index in [9.17, 15) is 0 Å². The van der Waals surface area contributed by atoms with Crippen molar-refractivity contribution in [3.8, 4) is 0 Å². The van der Waals surface area contributed by atoms with Crippen molar-refractivity contribution in [3.63, 3.8) is 0 Å². The lowest BCUT2D eigenvalue weighted by Gasteiger charge is -2.42. The molecule has 1 atom stereocenters. The van der Waals surface area contributed by atoms with E-state index in [1.165, 1.54) is 19.3 Å². The van der Waals surface area contributed by atoms with Crippen LogP contribution in [0.1, 0.15) is 53.4 Å². The average molecular weight is 241 g/mol. The lowest BCUT2D eigenvalue weighted by molar-refractivity contribution is -0.0832. The van der Waals surface area contributed by atoms with E-state index >= 15 is 0 Å². The molecule has 0 aromatic heterocycles. The normalized spacial score (nSPS) is 33.4. The number of methoxy groups -OCH3 is 1. The minimum atomic E-state index is -0.0812. The fraction of sp³-hybridized carbons (Fsp3) is 1.00. The van der Waals surface area contributed by atoms with Crippen molar-refractivity contribution in [2.75, 3.05) is 13.7 Å². The fourth-order valence-corrected chi connectivity index (χ4v) is 3.21. The van der Waals surface area contributed by atoms with Crippen LogP contribution in [0.3, 0.4) is 0 Å². The molecule has 100 valence electrons. The topological polar surface area (TPSA) is 30.5 Å². The second-order valence-electron chi connectivity index (χ2n) is 6.84. The molecule has 1 aliphatic carbocycles. The molecule has 0 aromatic carbocycles. The Hall–Kier alpha value is -0.120. The van der Waals surface area contributed by atoms with Crippen LogP contribution >= 0.6 is 0 Å². The standard InChI is InChI=1S/C14H27NO2/c1-12(2)9-11(13(3,4)17-12)15-10-14(16-5)7-6-8-14/h11,15H,6-10H2,1-5H3. The maximum absolute atomic E-state index is 6.10. The molecule has 2 fully saturated rings. The molecule has 0 radical (unpaired) electrons. The number of hydrogen-bond donors (Lipinski definition) is 1. The van der Waals surface area contributed by atoms with Gasteiger partial charge in [0.05, 0.1) is 16.8 Å². The number of ether oxygens (including phenoxy) is 2. The summed E-state index contributed by atoms with van der Waals surface area (Å²) in [7, 11) is 1.83. The van der Waals surface area contributed by atoms with E-state index in [0.29, 0.717) is 6.04 Å². The minimum absolute atomic E-state index is 0.0129. The maximum atomic E-state index is 6.10. The largest absolute Gasteiger partial charge is 0.377 e. The molecule has 1 heterocycles. The highest BCUT2D eigenvalue weighted by atomic mass is 16.5. The highest BCUT2D eigenvalue weighted by molar-refractivity contribution is 5.01. The van der Waals surface area contributed by atoms with Crippen LogP contribution in [0, 0.1) is 0 Å². The van der Waals surface area contributed by atoms with Crippen LogP contribution in [0.4, 0.5) is 0 Å². The van der Waals surface area contributed by atoms with Crippen LogP contribution < -0.4 is 5.32 Å². The van der Waals surface area contributed by atoms with Crippen LogP contribution in [-0.2, 0) is 9.47 Å². The summed E-state index contributed by atoms with van der Waals surface area (Å²) >= 11 is 0. The van der Waals surface area contributed by atoms with E-state index in [0.717, 1.165) is 13.0 Å². The van der Waals surface area contributed by atoms with Gasteiger partial charge in [-0.05, 0) is 53.4 Å². The van der Waals surface area contributed by atoms with Crippen LogP contribution in [0.25, 0.3) is 0 Å². The van der Waals surface area contributed by atoms with Crippen LogP contribution in [0.2, 0.25) is 0 Å². The Balaban J connectivity index is 1.91. The predicted octanol–water partition coefficient (Wildman–Crippen LogP) is 2.49. The van der Waals surface area contributed by atoms with Gasteiger partial charge in [-0.2, -0.15) is 0 Å². The zero-order valence-electron chi connectivity index (χ0n) is 11.9. The van der Waals surface area contributed by atoms with Gasteiger partial charge in [-0.15, -0.1) is 0 Å². The van der Waals surface area contributed by atoms with Gasteiger partial charge in [0.1, 0.15) is 0 Å². The average Bonchev–Trinajstić information content (AvgIpc) is 2.33. The Kier molecular flexibility index (Phi) is 3.30. The zero-order chi connectivity index (χ0) is 12.7. The molecule has 1 unspecified atom stereocenters. The van der Waals surface area contributed by atoms with Crippen LogP contribution in [0.15, 0.2) is 0 Å². The summed E-state index contributed by atoms with van der Waals surface area (Å²) in [6.45, 7) is 9.66. The van der Waals surface area contributed by atoms with Crippen LogP contribution in [0.5, 0.6) is 0 Å². The first-order valence-corrected chi connectivity index (χ1v) is 6.77. The summed E-state index contributed by atoms with van der Waals surface area (Å²) in [6.07, 6.45) is 4.74. The summed E-state index contributed by atoms with van der Waals surface area (Å²) in [6, 6.07) is 0.421. The quantitative estimate of drug-likeness (QED) is 0.820. The SMILES string of the molecule is COC1(CNC2CC(C)(C)OC2(C)C)CCC1. The molecule has 1 N–H and O–H groups in total. The molecule has 0 amide bonds. The molecule has 17 heavy (non-hydrogen) atoms. The molecular weight excluding hydrogens is 214 g/mol. The first-order valence-electron chi connectivity index (χ1n) is 6.77. The third-order valence-corrected chi connectivity index (χ3v) is 4.44. The van der Waals surface area contributed by atoms with Gasteiger partial charge >= 0.3 is 0 Å². The lowest BCUT2D eigenvalue weighted by Crippen LogP contribution is -2.53. The van der Waals surface area contributed by atoms with Crippen molar-refractivity contribution in [2.45, 2.75) is 76.2 Å². The Labute approximate surface area is 105 Å². The smallest absolute Gasteiger partial charge is 0.0802 e. The fourth-order valence-electron chi connectivity index (χ4n) is 3.21. The Morgan fingerprint density at radius 2 is 1.88 bits per heavy atom. The van der Waals surface area contributed by atoms with Crippen molar-refractivity contribution in [1.29, 1.82) is 0 Å². The predicted molar refractivity (Wildman–Crippen MR) is 69.2 cm³/mol. The van der Waals surface area contributed by atoms with Gasteiger partial charge in [0.2, 0.25) is 0 Å². The second kappa shape index (κ2) is 4.22. The second-order valence-corrected chi connectivity index (χ2v) is 6.84. The molecule has 2 rings (SSSR count). The Bertz CT molecular complexity index is 276. The van der Waals surface area contributed by atoms with Crippen molar-refractivity contribution in [2.24, 2.45) is 0 Å². The first-order chi connectivity index (χ1) is 7.79. The lowest BCUT2D eigenvalue weighted by atomic mass is 9.79. The van der Waals surface area contributed by atoms with Gasteiger partial charge in [-0.1, -0.05) is 0 Å². The van der Waals surface area contributed by atoms with E-state index < -0.39 is 0 Å². The molecule has 0 spiro atoms. The third-order valence-electron chi connectivity index (χ3n) is 4.44. The molecule has 0 bridgehead atoms. The van der Waals surface area contributed by atoms with Gasteiger partial charge in [0.25, 0.3) is 0 Å². The zero-order valence-corrected chi connectivity index (χ0v) is 11.9. The highest BCUT2D eigenvalue weighted by Gasteiger charge is 2.47. The van der Waals surface area contributed by atoms with Crippen LogP contribution in [-0.4, -0.2) is 36.5 Å². The van der Waals surface area contributed by atoms with Gasteiger partial charge in [-0.3, -0.25) is 0 Å². The van der Waals surface area contributed by atoms with Crippen molar-refractivity contribution < 1.29 is 9.47 Å². The molecule has 1 saturated heterocycles. The monoisotopic (exact) mass is 241 g/mol. The van der Waals surface area contributed by atoms with Gasteiger partial charge in [0.15, 0.2) is 0 Å². The van der Waals surface area contributed by atoms with Gasteiger partial charge in [0, 0.05) is 19.7 Å². The van der Waals surface area contributed by atoms with E-state index in [4.69, 9.17) is 9.47 Å². The molecule has 1 aliphatic heterocycles. The third kappa shape index (κ3) is 2.67. The van der Waals surface area contributed by atoms with E-state index in [1.54, 1.807) is 0 Å². The summed E-state index contributed by atoms with van der Waals surface area (Å²) in [4.78, 5) is 0. The maximum Gasteiger partial charge on any atom is 0.0802 e. The molecule has 0 aromatic rings. The number of nitrogens with one attached hydrogen (secondary N) is 1. The van der Waals surface area contributed by atoms with Gasteiger partial charge < -0.3 is 14.8 Å². The summed E-state index contributed by atoms with van der Waals surface area (Å²) in [5.74, 6) is 0. The van der Waals surface area contributed by atoms with Crippen molar-refractivity contribution in [1.82, 2.24) is 5.32 Å². The molecule has 2 aliphatic rings. The summed E-state index contributed by atoms with van der Waals surface area (Å²) in [5.41, 5.74) is 0.00596. The van der Waals surface area contributed by atoms with Crippen molar-refractivity contribution in [3.05, 3.63) is 0 Å². The molecular formula is C14H27NO2. The number of hydrogen-bond acceptors (Lipinski definition) is 3. The summed E-state index contributed by atoms with van der Waals surface area (Å²) in [5, 5.41) is 3.67.